The fourth-order valence-electron chi connectivity index (χ4n) is 0.807. The summed E-state index contributed by atoms with van der Waals surface area (Å²) < 4.78 is 0. The molecule has 5 N–H and O–H groups in total. The summed E-state index contributed by atoms with van der Waals surface area (Å²) in [6.45, 7) is 1.82. The number of amides is 2. The molecule has 0 aromatic carbocycles. The number of hydrogen-bond donors (Lipinski definition) is 4. The Bertz CT molecular complexity index is 217. The number of oxime groups is 1. The van der Waals surface area contributed by atoms with E-state index in [1.807, 2.05) is 0 Å². The van der Waals surface area contributed by atoms with Crippen molar-refractivity contribution >= 4 is 11.9 Å². The summed E-state index contributed by atoms with van der Waals surface area (Å²) in [5, 5.41) is 16.8. The molecule has 0 fully saturated rings. The van der Waals surface area contributed by atoms with Gasteiger partial charge in [0.15, 0.2) is 0 Å². The van der Waals surface area contributed by atoms with Gasteiger partial charge in [0.25, 0.3) is 0 Å². The van der Waals surface area contributed by atoms with E-state index >= 15 is 0 Å². The van der Waals surface area contributed by atoms with Gasteiger partial charge in [-0.3, -0.25) is 0 Å². The van der Waals surface area contributed by atoms with E-state index in [-0.39, 0.29) is 11.9 Å². The van der Waals surface area contributed by atoms with Crippen LogP contribution in [0.4, 0.5) is 4.79 Å². The van der Waals surface area contributed by atoms with Crippen LogP contribution in [0.2, 0.25) is 0 Å². The Balaban J connectivity index is 3.29. The summed E-state index contributed by atoms with van der Waals surface area (Å²) >= 11 is 0. The van der Waals surface area contributed by atoms with Crippen molar-refractivity contribution in [1.82, 2.24) is 15.5 Å². The molecule has 7 nitrogen and oxygen atoms in total. The first-order chi connectivity index (χ1) is 7.07. The van der Waals surface area contributed by atoms with Gasteiger partial charge in [-0.2, -0.15) is 0 Å². The monoisotopic (exact) mass is 217 g/mol. The number of rotatable bonds is 6. The number of carbonyl (C=O) groups excluding carboxylic acids is 1. The lowest BCUT2D eigenvalue weighted by atomic mass is 10.4. The first-order valence-electron chi connectivity index (χ1n) is 4.70. The predicted molar refractivity (Wildman–Crippen MR) is 58.0 cm³/mol. The second-order valence-electron chi connectivity index (χ2n) is 3.22. The van der Waals surface area contributed by atoms with Crippen molar-refractivity contribution in [3.63, 3.8) is 0 Å². The highest BCUT2D eigenvalue weighted by molar-refractivity contribution is 5.79. The van der Waals surface area contributed by atoms with Gasteiger partial charge in [-0.05, 0) is 0 Å². The van der Waals surface area contributed by atoms with Gasteiger partial charge in [-0.25, -0.2) is 4.79 Å². The Morgan fingerprint density at radius 3 is 2.60 bits per heavy atom. The topological polar surface area (TPSA) is 103 Å². The van der Waals surface area contributed by atoms with Gasteiger partial charge in [0.2, 0.25) is 0 Å². The number of nitrogens with two attached hydrogens (primary N) is 1. The summed E-state index contributed by atoms with van der Waals surface area (Å²) in [5.74, 6) is 0.194. The molecule has 15 heavy (non-hydrogen) atoms. The lowest BCUT2D eigenvalue weighted by Gasteiger charge is -2.11. The smallest absolute Gasteiger partial charge is 0.316 e. The zero-order valence-electron chi connectivity index (χ0n) is 9.16. The number of nitrogens with zero attached hydrogens (tertiary/aromatic N) is 2. The van der Waals surface area contributed by atoms with Crippen LogP contribution in [-0.2, 0) is 0 Å². The fourth-order valence-corrected chi connectivity index (χ4v) is 0.807. The van der Waals surface area contributed by atoms with Crippen molar-refractivity contribution in [3.8, 4) is 0 Å². The third-order valence-corrected chi connectivity index (χ3v) is 1.67. The van der Waals surface area contributed by atoms with Crippen molar-refractivity contribution in [1.29, 1.82) is 0 Å². The Kier molecular flexibility index (Phi) is 7.08. The minimum atomic E-state index is -0.117. The second-order valence-corrected chi connectivity index (χ2v) is 3.22. The van der Waals surface area contributed by atoms with Crippen LogP contribution in [0, 0.1) is 0 Å². The van der Waals surface area contributed by atoms with Gasteiger partial charge >= 0.3 is 6.03 Å². The third kappa shape index (κ3) is 7.56. The van der Waals surface area contributed by atoms with E-state index in [0.29, 0.717) is 26.1 Å². The summed E-state index contributed by atoms with van der Waals surface area (Å²) in [4.78, 5) is 12.5. The maximum atomic E-state index is 11.0. The van der Waals surface area contributed by atoms with Crippen molar-refractivity contribution in [3.05, 3.63) is 0 Å². The molecule has 0 aliphatic rings. The summed E-state index contributed by atoms with van der Waals surface area (Å²) in [6.07, 6.45) is 0.484. The second kappa shape index (κ2) is 7.86. The minimum absolute atomic E-state index is 0.117. The van der Waals surface area contributed by atoms with E-state index < -0.39 is 0 Å². The van der Waals surface area contributed by atoms with Crippen LogP contribution in [0.3, 0.4) is 0 Å². The zero-order valence-corrected chi connectivity index (χ0v) is 9.16. The molecule has 0 spiro atoms. The quantitative estimate of drug-likeness (QED) is 0.150. The molecule has 0 aliphatic heterocycles. The molecule has 2 amide bonds. The number of amidine groups is 1. The lowest BCUT2D eigenvalue weighted by Crippen LogP contribution is -2.38. The van der Waals surface area contributed by atoms with Gasteiger partial charge in [0.1, 0.15) is 5.84 Å². The normalized spacial score (nSPS) is 11.2. The number of carbonyl (C=O) groups is 1. The average molecular weight is 217 g/mol. The summed E-state index contributed by atoms with van der Waals surface area (Å²) in [6, 6.07) is -0.117. The molecule has 0 aromatic heterocycles. The minimum Gasteiger partial charge on any atom is -0.409 e. The Labute approximate surface area is 89.3 Å². The van der Waals surface area contributed by atoms with E-state index in [1.54, 1.807) is 14.1 Å². The van der Waals surface area contributed by atoms with E-state index in [0.717, 1.165) is 0 Å². The molecule has 0 saturated heterocycles. The van der Waals surface area contributed by atoms with E-state index in [4.69, 9.17) is 10.9 Å². The number of nitrogens with one attached hydrogen (secondary N) is 2. The van der Waals surface area contributed by atoms with E-state index in [9.17, 15) is 4.79 Å². The van der Waals surface area contributed by atoms with E-state index in [1.165, 1.54) is 4.90 Å². The number of hydrogen-bond acceptors (Lipinski definition) is 4. The molecule has 0 heterocycles. The van der Waals surface area contributed by atoms with Crippen molar-refractivity contribution in [2.45, 2.75) is 6.42 Å². The molecule has 0 saturated carbocycles. The van der Waals surface area contributed by atoms with Crippen LogP contribution in [0.1, 0.15) is 6.42 Å². The van der Waals surface area contributed by atoms with Crippen LogP contribution in [0.25, 0.3) is 0 Å². The van der Waals surface area contributed by atoms with Gasteiger partial charge in [0, 0.05) is 40.2 Å². The van der Waals surface area contributed by atoms with Crippen LogP contribution >= 0.6 is 0 Å². The maximum Gasteiger partial charge on any atom is 0.316 e. The molecule has 0 unspecified atom stereocenters. The molecular formula is C8H19N5O2. The zero-order chi connectivity index (χ0) is 11.7. The first-order valence-corrected chi connectivity index (χ1v) is 4.70. The SMILES string of the molecule is CN(C)C(=O)NCCNCCC(N)=NO. The van der Waals surface area contributed by atoms with Crippen LogP contribution in [0.5, 0.6) is 0 Å². The summed E-state index contributed by atoms with van der Waals surface area (Å²) in [5.41, 5.74) is 5.26. The highest BCUT2D eigenvalue weighted by atomic mass is 16.4. The Morgan fingerprint density at radius 2 is 2.07 bits per heavy atom. The van der Waals surface area contributed by atoms with Gasteiger partial charge in [-0.1, -0.05) is 5.16 Å². The molecule has 0 aromatic rings. The average Bonchev–Trinajstić information content (AvgIpc) is 2.22. The van der Waals surface area contributed by atoms with Crippen molar-refractivity contribution < 1.29 is 10.0 Å². The molecule has 0 radical (unpaired) electrons. The summed E-state index contributed by atoms with van der Waals surface area (Å²) in [7, 11) is 3.36. The van der Waals surface area contributed by atoms with Crippen molar-refractivity contribution in [2.24, 2.45) is 10.9 Å². The van der Waals surface area contributed by atoms with Crippen LogP contribution < -0.4 is 16.4 Å². The molecule has 88 valence electrons. The first kappa shape index (κ1) is 13.5. The molecule has 0 bridgehead atoms. The molecule has 0 aliphatic carbocycles. The highest BCUT2D eigenvalue weighted by Gasteiger charge is 2.00. The van der Waals surface area contributed by atoms with Crippen LogP contribution in [0.15, 0.2) is 5.16 Å². The molecular weight excluding hydrogens is 198 g/mol. The number of urea groups is 1. The van der Waals surface area contributed by atoms with Gasteiger partial charge in [-0.15, -0.1) is 0 Å². The molecule has 7 heteroatoms. The largest absolute Gasteiger partial charge is 0.409 e. The standard InChI is InChI=1S/C8H19N5O2/c1-13(2)8(14)11-6-5-10-4-3-7(9)12-15/h10,15H,3-6H2,1-2H3,(H2,9,12)(H,11,14). The van der Waals surface area contributed by atoms with Gasteiger partial charge in [0.05, 0.1) is 0 Å². The van der Waals surface area contributed by atoms with Gasteiger partial charge < -0.3 is 26.5 Å². The fraction of sp³-hybridized carbons (Fsp3) is 0.750. The molecule has 0 rings (SSSR count). The highest BCUT2D eigenvalue weighted by Crippen LogP contribution is 1.77. The van der Waals surface area contributed by atoms with E-state index in [2.05, 4.69) is 15.8 Å². The maximum absolute atomic E-state index is 11.0. The molecule has 0 atom stereocenters. The third-order valence-electron chi connectivity index (χ3n) is 1.67. The predicted octanol–water partition coefficient (Wildman–Crippen LogP) is -1.02. The lowest BCUT2D eigenvalue weighted by molar-refractivity contribution is 0.217. The Morgan fingerprint density at radius 1 is 1.40 bits per heavy atom. The Hall–Kier alpha value is -1.50. The van der Waals surface area contributed by atoms with Crippen LogP contribution in [-0.4, -0.2) is 55.7 Å². The van der Waals surface area contributed by atoms with Crippen molar-refractivity contribution in [2.75, 3.05) is 33.7 Å².